The van der Waals surface area contributed by atoms with Gasteiger partial charge < -0.3 is 19.3 Å². The number of nitrogens with zero attached hydrogens (tertiary/aromatic N) is 2. The quantitative estimate of drug-likeness (QED) is 0.692. The largest absolute Gasteiger partial charge is 0.497 e. The van der Waals surface area contributed by atoms with Crippen molar-refractivity contribution in [2.75, 3.05) is 37.1 Å². The third kappa shape index (κ3) is 3.86. The highest BCUT2D eigenvalue weighted by Gasteiger charge is 2.45. The molecular weight excluding hydrogens is 383 g/mol. The van der Waals surface area contributed by atoms with Crippen molar-refractivity contribution in [1.82, 2.24) is 0 Å². The first-order chi connectivity index (χ1) is 11.9. The SMILES string of the molecule is COc1ccc(N2CCN(c3ccc(OC)cc3)C2C(Cl)(Cl)Cl)cc1. The van der Waals surface area contributed by atoms with Gasteiger partial charge in [0.25, 0.3) is 0 Å². The van der Waals surface area contributed by atoms with E-state index in [2.05, 4.69) is 9.80 Å². The minimum atomic E-state index is -1.48. The van der Waals surface area contributed by atoms with Crippen LogP contribution in [-0.2, 0) is 0 Å². The Kier molecular flexibility index (Phi) is 5.42. The summed E-state index contributed by atoms with van der Waals surface area (Å²) >= 11 is 19.0. The lowest BCUT2D eigenvalue weighted by Gasteiger charge is -2.37. The monoisotopic (exact) mass is 400 g/mol. The number of hydrogen-bond acceptors (Lipinski definition) is 4. The predicted octanol–water partition coefficient (Wildman–Crippen LogP) is 4.73. The lowest BCUT2D eigenvalue weighted by atomic mass is 10.2. The molecule has 1 aliphatic heterocycles. The van der Waals surface area contributed by atoms with Crippen molar-refractivity contribution >= 4 is 46.2 Å². The number of hydrogen-bond donors (Lipinski definition) is 0. The molecule has 2 aromatic carbocycles. The summed E-state index contributed by atoms with van der Waals surface area (Å²) in [7, 11) is 3.28. The molecule has 0 aliphatic carbocycles. The molecule has 0 atom stereocenters. The Morgan fingerprint density at radius 2 is 1.12 bits per heavy atom. The summed E-state index contributed by atoms with van der Waals surface area (Å²) in [5, 5.41) is 0. The molecule has 1 heterocycles. The van der Waals surface area contributed by atoms with Crippen LogP contribution >= 0.6 is 34.8 Å². The van der Waals surface area contributed by atoms with E-state index in [1.807, 2.05) is 48.5 Å². The molecule has 0 aromatic heterocycles. The zero-order chi connectivity index (χ0) is 18.0. The van der Waals surface area contributed by atoms with Crippen LogP contribution in [-0.4, -0.2) is 37.3 Å². The molecule has 4 nitrogen and oxygen atoms in total. The molecule has 0 amide bonds. The summed E-state index contributed by atoms with van der Waals surface area (Å²) in [5.41, 5.74) is 1.96. The van der Waals surface area contributed by atoms with E-state index in [0.29, 0.717) is 0 Å². The Labute approximate surface area is 162 Å². The van der Waals surface area contributed by atoms with E-state index in [0.717, 1.165) is 36.0 Å². The van der Waals surface area contributed by atoms with Crippen LogP contribution < -0.4 is 19.3 Å². The van der Waals surface area contributed by atoms with E-state index >= 15 is 0 Å². The Hall–Kier alpha value is -1.49. The highest BCUT2D eigenvalue weighted by atomic mass is 35.6. The van der Waals surface area contributed by atoms with E-state index in [9.17, 15) is 0 Å². The minimum Gasteiger partial charge on any atom is -0.497 e. The number of anilines is 2. The van der Waals surface area contributed by atoms with Gasteiger partial charge in [-0.2, -0.15) is 0 Å². The average molecular weight is 402 g/mol. The van der Waals surface area contributed by atoms with Crippen LogP contribution in [0.3, 0.4) is 0 Å². The molecule has 0 N–H and O–H groups in total. The van der Waals surface area contributed by atoms with Crippen molar-refractivity contribution in [2.45, 2.75) is 9.96 Å². The second kappa shape index (κ2) is 7.40. The van der Waals surface area contributed by atoms with Crippen molar-refractivity contribution in [2.24, 2.45) is 0 Å². The van der Waals surface area contributed by atoms with Crippen molar-refractivity contribution in [1.29, 1.82) is 0 Å². The molecule has 0 radical (unpaired) electrons. The molecule has 1 saturated heterocycles. The molecule has 3 rings (SSSR count). The molecule has 1 fully saturated rings. The normalized spacial score (nSPS) is 15.6. The lowest BCUT2D eigenvalue weighted by molar-refractivity contribution is 0.414. The fourth-order valence-electron chi connectivity index (χ4n) is 3.07. The van der Waals surface area contributed by atoms with Gasteiger partial charge in [-0.15, -0.1) is 0 Å². The van der Waals surface area contributed by atoms with Crippen molar-refractivity contribution in [3.63, 3.8) is 0 Å². The number of alkyl halides is 3. The predicted molar refractivity (Wildman–Crippen MR) is 105 cm³/mol. The van der Waals surface area contributed by atoms with Crippen LogP contribution in [0, 0.1) is 0 Å². The van der Waals surface area contributed by atoms with Crippen LogP contribution in [0.1, 0.15) is 0 Å². The molecule has 25 heavy (non-hydrogen) atoms. The zero-order valence-corrected chi connectivity index (χ0v) is 16.2. The third-order valence-corrected chi connectivity index (χ3v) is 4.86. The first-order valence-electron chi connectivity index (χ1n) is 7.82. The molecule has 1 aliphatic rings. The molecule has 0 bridgehead atoms. The van der Waals surface area contributed by atoms with Crippen LogP contribution in [0.15, 0.2) is 48.5 Å². The summed E-state index contributed by atoms with van der Waals surface area (Å²) < 4.78 is 8.96. The van der Waals surface area contributed by atoms with Gasteiger partial charge in [0.05, 0.1) is 14.2 Å². The number of benzene rings is 2. The van der Waals surface area contributed by atoms with Crippen LogP contribution in [0.25, 0.3) is 0 Å². The maximum absolute atomic E-state index is 6.34. The Balaban J connectivity index is 1.92. The molecule has 7 heteroatoms. The molecule has 0 unspecified atom stereocenters. The van der Waals surface area contributed by atoms with Crippen LogP contribution in [0.4, 0.5) is 11.4 Å². The summed E-state index contributed by atoms with van der Waals surface area (Å²) in [5.74, 6) is 1.58. The summed E-state index contributed by atoms with van der Waals surface area (Å²) in [6.07, 6.45) is -0.417. The maximum Gasteiger partial charge on any atom is 0.228 e. The van der Waals surface area contributed by atoms with Crippen molar-refractivity contribution in [3.05, 3.63) is 48.5 Å². The fraction of sp³-hybridized carbons (Fsp3) is 0.333. The molecule has 0 saturated carbocycles. The Morgan fingerprint density at radius 1 is 0.760 bits per heavy atom. The van der Waals surface area contributed by atoms with E-state index in [1.54, 1.807) is 14.2 Å². The van der Waals surface area contributed by atoms with Crippen LogP contribution in [0.5, 0.6) is 11.5 Å². The van der Waals surface area contributed by atoms with Crippen LogP contribution in [0.2, 0.25) is 0 Å². The first kappa shape index (κ1) is 18.3. The van der Waals surface area contributed by atoms with E-state index in [4.69, 9.17) is 44.3 Å². The van der Waals surface area contributed by atoms with E-state index < -0.39 is 9.96 Å². The van der Waals surface area contributed by atoms with E-state index in [1.165, 1.54) is 0 Å². The minimum absolute atomic E-state index is 0.417. The number of methoxy groups -OCH3 is 2. The summed E-state index contributed by atoms with van der Waals surface area (Å²) in [4.78, 5) is 4.19. The molecule has 2 aromatic rings. The number of ether oxygens (including phenoxy) is 2. The summed E-state index contributed by atoms with van der Waals surface area (Å²) in [6, 6.07) is 15.5. The van der Waals surface area contributed by atoms with Crippen molar-refractivity contribution in [3.8, 4) is 11.5 Å². The van der Waals surface area contributed by atoms with Gasteiger partial charge in [0, 0.05) is 24.5 Å². The van der Waals surface area contributed by atoms with Gasteiger partial charge >= 0.3 is 0 Å². The van der Waals surface area contributed by atoms with Gasteiger partial charge in [0.1, 0.15) is 11.5 Å². The van der Waals surface area contributed by atoms with Gasteiger partial charge in [0.15, 0.2) is 6.17 Å². The van der Waals surface area contributed by atoms with Gasteiger partial charge in [-0.1, -0.05) is 34.8 Å². The van der Waals surface area contributed by atoms with Gasteiger partial charge in [-0.25, -0.2) is 0 Å². The highest BCUT2D eigenvalue weighted by Crippen LogP contribution is 2.42. The van der Waals surface area contributed by atoms with Gasteiger partial charge in [0.2, 0.25) is 3.79 Å². The molecular formula is C18H19Cl3N2O2. The third-order valence-electron chi connectivity index (χ3n) is 4.27. The average Bonchev–Trinajstić information content (AvgIpc) is 3.07. The topological polar surface area (TPSA) is 24.9 Å². The second-order valence-corrected chi connectivity index (χ2v) is 8.07. The summed E-state index contributed by atoms with van der Waals surface area (Å²) in [6.45, 7) is 1.49. The zero-order valence-electron chi connectivity index (χ0n) is 14.0. The first-order valence-corrected chi connectivity index (χ1v) is 8.95. The smallest absolute Gasteiger partial charge is 0.228 e. The van der Waals surface area contributed by atoms with Gasteiger partial charge in [-0.05, 0) is 48.5 Å². The lowest BCUT2D eigenvalue weighted by Crippen LogP contribution is -2.48. The Morgan fingerprint density at radius 3 is 1.40 bits per heavy atom. The number of halogens is 3. The second-order valence-electron chi connectivity index (χ2n) is 5.70. The highest BCUT2D eigenvalue weighted by molar-refractivity contribution is 6.68. The standard InChI is InChI=1S/C18H19Cl3N2O2/c1-24-15-7-3-13(4-8-15)22-11-12-23(17(22)18(19,20)21)14-5-9-16(25-2)10-6-14/h3-10,17H,11-12H2,1-2H3. The fourth-order valence-corrected chi connectivity index (χ4v) is 3.78. The molecule has 0 spiro atoms. The number of rotatable bonds is 4. The van der Waals surface area contributed by atoms with Gasteiger partial charge in [-0.3, -0.25) is 0 Å². The van der Waals surface area contributed by atoms with Crippen molar-refractivity contribution < 1.29 is 9.47 Å². The Bertz CT molecular complexity index is 646. The molecule has 134 valence electrons. The maximum atomic E-state index is 6.34. The van der Waals surface area contributed by atoms with E-state index in [-0.39, 0.29) is 0 Å².